The summed E-state index contributed by atoms with van der Waals surface area (Å²) in [5.41, 5.74) is 1.42. The average molecular weight is 329 g/mol. The van der Waals surface area contributed by atoms with Crippen molar-refractivity contribution in [3.63, 3.8) is 0 Å². The molecule has 2 heterocycles. The lowest BCUT2D eigenvalue weighted by molar-refractivity contribution is 0.0937. The second kappa shape index (κ2) is 7.49. The van der Waals surface area contributed by atoms with Crippen LogP contribution in [0, 0.1) is 5.82 Å². The number of methoxy groups -OCH3 is 1. The van der Waals surface area contributed by atoms with Crippen molar-refractivity contribution in [2.45, 2.75) is 31.8 Å². The molecule has 1 aliphatic heterocycles. The second-order valence-electron chi connectivity index (χ2n) is 5.97. The Hall–Kier alpha value is -2.34. The summed E-state index contributed by atoms with van der Waals surface area (Å²) in [5, 5.41) is 8.13. The van der Waals surface area contributed by atoms with Crippen LogP contribution in [0.2, 0.25) is 0 Å². The fraction of sp³-hybridized carbons (Fsp3) is 0.389. The van der Waals surface area contributed by atoms with Crippen molar-refractivity contribution in [2.75, 3.05) is 13.7 Å². The number of aromatic nitrogens is 2. The van der Waals surface area contributed by atoms with Gasteiger partial charge < -0.3 is 4.74 Å². The van der Waals surface area contributed by atoms with Crippen molar-refractivity contribution in [1.29, 1.82) is 0 Å². The van der Waals surface area contributed by atoms with Gasteiger partial charge >= 0.3 is 0 Å². The second-order valence-corrected chi connectivity index (χ2v) is 5.97. The largest absolute Gasteiger partial charge is 0.480 e. The predicted molar refractivity (Wildman–Crippen MR) is 87.4 cm³/mol. The van der Waals surface area contributed by atoms with E-state index in [1.165, 1.54) is 12.1 Å². The molecule has 6 heteroatoms. The Bertz CT molecular complexity index is 688. The summed E-state index contributed by atoms with van der Waals surface area (Å²) >= 11 is 0. The van der Waals surface area contributed by atoms with Crippen LogP contribution < -0.4 is 4.74 Å². The summed E-state index contributed by atoms with van der Waals surface area (Å²) < 4.78 is 18.0. The van der Waals surface area contributed by atoms with Crippen molar-refractivity contribution in [3.05, 3.63) is 53.5 Å². The zero-order valence-electron chi connectivity index (χ0n) is 13.6. The van der Waals surface area contributed by atoms with Gasteiger partial charge in [-0.15, -0.1) is 5.10 Å². The molecule has 1 atom stereocenters. The van der Waals surface area contributed by atoms with E-state index < -0.39 is 0 Å². The molecule has 0 radical (unpaired) electrons. The quantitative estimate of drug-likeness (QED) is 0.763. The van der Waals surface area contributed by atoms with E-state index in [0.717, 1.165) is 25.1 Å². The Labute approximate surface area is 140 Å². The number of carbonyl (C=O) groups is 1. The summed E-state index contributed by atoms with van der Waals surface area (Å²) in [4.78, 5) is 14.7. The van der Waals surface area contributed by atoms with Gasteiger partial charge in [-0.2, -0.15) is 5.10 Å². The van der Waals surface area contributed by atoms with E-state index in [-0.39, 0.29) is 17.6 Å². The molecule has 0 spiro atoms. The first-order valence-corrected chi connectivity index (χ1v) is 8.05. The van der Waals surface area contributed by atoms with Crippen LogP contribution in [-0.4, -0.2) is 40.6 Å². The number of Topliss-reactive ketones (excluding diaryl/α,β-unsaturated/α-hetero) is 1. The van der Waals surface area contributed by atoms with Crippen molar-refractivity contribution in [3.8, 4) is 5.88 Å². The van der Waals surface area contributed by atoms with E-state index in [9.17, 15) is 9.18 Å². The highest BCUT2D eigenvalue weighted by atomic mass is 19.1. The lowest BCUT2D eigenvalue weighted by Crippen LogP contribution is -2.31. The highest BCUT2D eigenvalue weighted by molar-refractivity contribution is 5.96. The molecule has 0 amide bonds. The molecule has 1 fully saturated rings. The first-order valence-electron chi connectivity index (χ1n) is 8.05. The maximum Gasteiger partial charge on any atom is 0.233 e. The van der Waals surface area contributed by atoms with Gasteiger partial charge in [-0.1, -0.05) is 0 Å². The number of ketones is 1. The summed E-state index contributed by atoms with van der Waals surface area (Å²) in [6.45, 7) is 1.60. The first kappa shape index (κ1) is 16.5. The molecule has 1 unspecified atom stereocenters. The highest BCUT2D eigenvalue weighted by Crippen LogP contribution is 2.23. The van der Waals surface area contributed by atoms with Crippen LogP contribution in [0.3, 0.4) is 0 Å². The molecule has 0 saturated carbocycles. The molecule has 1 aliphatic rings. The Balaban J connectivity index is 1.62. The molecule has 1 aromatic carbocycles. The van der Waals surface area contributed by atoms with Gasteiger partial charge in [0, 0.05) is 30.6 Å². The maximum absolute atomic E-state index is 13.0. The van der Waals surface area contributed by atoms with E-state index in [0.29, 0.717) is 24.4 Å². The Morgan fingerprint density at radius 1 is 1.25 bits per heavy atom. The van der Waals surface area contributed by atoms with Gasteiger partial charge in [-0.05, 0) is 49.7 Å². The minimum absolute atomic E-state index is 0.0488. The van der Waals surface area contributed by atoms with Gasteiger partial charge in [-0.25, -0.2) is 4.39 Å². The molecule has 0 bridgehead atoms. The van der Waals surface area contributed by atoms with Crippen molar-refractivity contribution in [2.24, 2.45) is 0 Å². The SMILES string of the molecule is COc1ccc(CN2CCCC2CC(=O)c2ccc(F)cc2)nn1. The molecule has 2 aromatic rings. The lowest BCUT2D eigenvalue weighted by Gasteiger charge is -2.23. The van der Waals surface area contributed by atoms with Crippen LogP contribution in [0.15, 0.2) is 36.4 Å². The van der Waals surface area contributed by atoms with Crippen LogP contribution in [0.4, 0.5) is 4.39 Å². The fourth-order valence-corrected chi connectivity index (χ4v) is 3.05. The zero-order valence-corrected chi connectivity index (χ0v) is 13.6. The van der Waals surface area contributed by atoms with Crippen molar-refractivity contribution in [1.82, 2.24) is 15.1 Å². The maximum atomic E-state index is 13.0. The number of hydrogen-bond acceptors (Lipinski definition) is 5. The van der Waals surface area contributed by atoms with Crippen LogP contribution in [0.5, 0.6) is 5.88 Å². The average Bonchev–Trinajstić information content (AvgIpc) is 3.03. The van der Waals surface area contributed by atoms with Crippen LogP contribution >= 0.6 is 0 Å². The molecule has 5 nitrogen and oxygen atoms in total. The molecule has 0 N–H and O–H groups in total. The number of likely N-dealkylation sites (tertiary alicyclic amines) is 1. The first-order chi connectivity index (χ1) is 11.7. The normalized spacial score (nSPS) is 17.8. The molecule has 24 heavy (non-hydrogen) atoms. The van der Waals surface area contributed by atoms with Gasteiger partial charge in [0.1, 0.15) is 5.82 Å². The number of halogens is 1. The number of nitrogens with zero attached hydrogens (tertiary/aromatic N) is 3. The van der Waals surface area contributed by atoms with Gasteiger partial charge in [0.05, 0.1) is 12.8 Å². The fourth-order valence-electron chi connectivity index (χ4n) is 3.05. The van der Waals surface area contributed by atoms with Crippen LogP contribution in [0.25, 0.3) is 0 Å². The number of hydrogen-bond donors (Lipinski definition) is 0. The molecule has 0 aliphatic carbocycles. The highest BCUT2D eigenvalue weighted by Gasteiger charge is 2.27. The lowest BCUT2D eigenvalue weighted by atomic mass is 10.0. The number of carbonyl (C=O) groups excluding carboxylic acids is 1. The number of rotatable bonds is 6. The summed E-state index contributed by atoms with van der Waals surface area (Å²) in [6, 6.07) is 9.61. The van der Waals surface area contributed by atoms with E-state index in [1.54, 1.807) is 25.3 Å². The predicted octanol–water partition coefficient (Wildman–Crippen LogP) is 2.86. The van der Waals surface area contributed by atoms with E-state index >= 15 is 0 Å². The molecule has 1 saturated heterocycles. The minimum Gasteiger partial charge on any atom is -0.480 e. The van der Waals surface area contributed by atoms with E-state index in [4.69, 9.17) is 4.74 Å². The third kappa shape index (κ3) is 3.94. The van der Waals surface area contributed by atoms with Gasteiger partial charge in [-0.3, -0.25) is 9.69 Å². The Kier molecular flexibility index (Phi) is 5.15. The molecule has 3 rings (SSSR count). The third-order valence-corrected chi connectivity index (χ3v) is 4.36. The van der Waals surface area contributed by atoms with Crippen molar-refractivity contribution < 1.29 is 13.9 Å². The minimum atomic E-state index is -0.327. The van der Waals surface area contributed by atoms with Crippen molar-refractivity contribution >= 4 is 5.78 Å². The summed E-state index contributed by atoms with van der Waals surface area (Å²) in [7, 11) is 1.56. The van der Waals surface area contributed by atoms with Crippen LogP contribution in [-0.2, 0) is 6.54 Å². The number of ether oxygens (including phenoxy) is 1. The topological polar surface area (TPSA) is 55.3 Å². The summed E-state index contributed by atoms with van der Waals surface area (Å²) in [6.07, 6.45) is 2.48. The molecular weight excluding hydrogens is 309 g/mol. The third-order valence-electron chi connectivity index (χ3n) is 4.36. The zero-order chi connectivity index (χ0) is 16.9. The number of benzene rings is 1. The standard InChI is InChI=1S/C18H20FN3O2/c1-24-18-9-8-15(20-21-18)12-22-10-2-3-16(22)11-17(23)13-4-6-14(19)7-5-13/h4-9,16H,2-3,10-12H2,1H3. The van der Waals surface area contributed by atoms with Gasteiger partial charge in [0.2, 0.25) is 5.88 Å². The molecule has 1 aromatic heterocycles. The monoisotopic (exact) mass is 329 g/mol. The molecule has 126 valence electrons. The van der Waals surface area contributed by atoms with Gasteiger partial charge in [0.25, 0.3) is 0 Å². The Morgan fingerprint density at radius 3 is 2.71 bits per heavy atom. The van der Waals surface area contributed by atoms with E-state index in [2.05, 4.69) is 15.1 Å². The van der Waals surface area contributed by atoms with E-state index in [1.807, 2.05) is 6.07 Å². The van der Waals surface area contributed by atoms with Gasteiger partial charge in [0.15, 0.2) is 5.78 Å². The smallest absolute Gasteiger partial charge is 0.233 e. The molecular formula is C18H20FN3O2. The summed E-state index contributed by atoms with van der Waals surface area (Å²) in [5.74, 6) is 0.211. The Morgan fingerprint density at radius 2 is 2.04 bits per heavy atom. The van der Waals surface area contributed by atoms with Crippen LogP contribution in [0.1, 0.15) is 35.3 Å².